The Morgan fingerprint density at radius 2 is 0.569 bits per heavy atom. The zero-order valence-corrected chi connectivity index (χ0v) is 42.2. The number of allylic oxidation sites excluding steroid dienone is 16. The van der Waals surface area contributed by atoms with Crippen molar-refractivity contribution in [1.82, 2.24) is 0 Å². The van der Waals surface area contributed by atoms with Gasteiger partial charge in [-0.2, -0.15) is 0 Å². The Hall–Kier alpha value is -3.67. The van der Waals surface area contributed by atoms with Crippen LogP contribution in [0.4, 0.5) is 0 Å². The average Bonchev–Trinajstić information content (AvgIpc) is 3.30. The number of ether oxygens (including phenoxy) is 3. The van der Waals surface area contributed by atoms with Gasteiger partial charge in [-0.15, -0.1) is 0 Å². The lowest BCUT2D eigenvalue weighted by molar-refractivity contribution is -0.167. The van der Waals surface area contributed by atoms with E-state index in [9.17, 15) is 14.4 Å². The molecule has 0 unspecified atom stereocenters. The monoisotopic (exact) mass is 903 g/mol. The molecule has 0 aliphatic carbocycles. The fraction of sp³-hybridized carbons (Fsp3) is 0.678. The van der Waals surface area contributed by atoms with Gasteiger partial charge in [0.25, 0.3) is 0 Å². The Kier molecular flexibility index (Phi) is 50.0. The molecule has 0 saturated carbocycles. The molecule has 0 amide bonds. The third-order valence-corrected chi connectivity index (χ3v) is 11.0. The molecule has 0 rings (SSSR count). The Balaban J connectivity index is 4.52. The van der Waals surface area contributed by atoms with Crippen molar-refractivity contribution in [2.75, 3.05) is 13.2 Å². The third kappa shape index (κ3) is 51.2. The Bertz CT molecular complexity index is 1310. The predicted molar refractivity (Wildman–Crippen MR) is 279 cm³/mol. The van der Waals surface area contributed by atoms with E-state index >= 15 is 0 Å². The molecule has 0 aromatic rings. The van der Waals surface area contributed by atoms with Crippen LogP contribution in [0.25, 0.3) is 0 Å². The maximum atomic E-state index is 12.8. The van der Waals surface area contributed by atoms with Gasteiger partial charge < -0.3 is 14.2 Å². The second-order valence-corrected chi connectivity index (χ2v) is 17.4. The molecule has 0 aliphatic rings. The van der Waals surface area contributed by atoms with Crippen LogP contribution in [0.3, 0.4) is 0 Å². The van der Waals surface area contributed by atoms with E-state index in [1.54, 1.807) is 0 Å². The van der Waals surface area contributed by atoms with Gasteiger partial charge in [-0.25, -0.2) is 0 Å². The van der Waals surface area contributed by atoms with Crippen LogP contribution >= 0.6 is 0 Å². The second kappa shape index (κ2) is 52.9. The Morgan fingerprint density at radius 1 is 0.308 bits per heavy atom. The highest BCUT2D eigenvalue weighted by atomic mass is 16.6. The molecule has 0 saturated heterocycles. The highest BCUT2D eigenvalue weighted by Crippen LogP contribution is 2.12. The van der Waals surface area contributed by atoms with E-state index in [-0.39, 0.29) is 37.5 Å². The number of hydrogen-bond donors (Lipinski definition) is 0. The highest BCUT2D eigenvalue weighted by molar-refractivity contribution is 5.71. The van der Waals surface area contributed by atoms with E-state index in [0.29, 0.717) is 19.3 Å². The SMILES string of the molecule is CCCCC/C=C\C/C=C\C/C=C\C/C=C\CCCC(=O)OC[C@H](COC(=O)CCCCCC/C=C\C/C=C\C/C=C\CCCCC)OC(=O)CCCCCCC/C=C\CCCCCC. The summed E-state index contributed by atoms with van der Waals surface area (Å²) in [5, 5.41) is 0. The van der Waals surface area contributed by atoms with Gasteiger partial charge in [0.1, 0.15) is 13.2 Å². The Morgan fingerprint density at radius 3 is 0.969 bits per heavy atom. The Labute approximate surface area is 400 Å². The minimum absolute atomic E-state index is 0.110. The fourth-order valence-electron chi connectivity index (χ4n) is 6.96. The number of unbranched alkanes of at least 4 members (excludes halogenated alkanes) is 20. The highest BCUT2D eigenvalue weighted by Gasteiger charge is 2.19. The molecule has 0 aromatic carbocycles. The van der Waals surface area contributed by atoms with Crippen LogP contribution in [-0.4, -0.2) is 37.2 Å². The first-order valence-electron chi connectivity index (χ1n) is 26.7. The van der Waals surface area contributed by atoms with E-state index in [0.717, 1.165) is 103 Å². The van der Waals surface area contributed by atoms with Crippen LogP contribution in [0.15, 0.2) is 97.2 Å². The van der Waals surface area contributed by atoms with Crippen LogP contribution in [0.5, 0.6) is 0 Å². The van der Waals surface area contributed by atoms with Crippen LogP contribution in [0, 0.1) is 0 Å². The van der Waals surface area contributed by atoms with Gasteiger partial charge in [-0.05, 0) is 122 Å². The maximum absolute atomic E-state index is 12.8. The lowest BCUT2D eigenvalue weighted by Crippen LogP contribution is -2.30. The zero-order chi connectivity index (χ0) is 47.2. The summed E-state index contributed by atoms with van der Waals surface area (Å²) in [6.07, 6.45) is 69.6. The van der Waals surface area contributed by atoms with Crippen molar-refractivity contribution in [1.29, 1.82) is 0 Å². The van der Waals surface area contributed by atoms with Crippen molar-refractivity contribution < 1.29 is 28.6 Å². The number of carbonyl (C=O) groups is 3. The van der Waals surface area contributed by atoms with Gasteiger partial charge in [0.05, 0.1) is 0 Å². The molecule has 6 heteroatoms. The molecule has 0 fully saturated rings. The second-order valence-electron chi connectivity index (χ2n) is 17.4. The summed E-state index contributed by atoms with van der Waals surface area (Å²) in [4.78, 5) is 38.0. The summed E-state index contributed by atoms with van der Waals surface area (Å²) in [6, 6.07) is 0. The standard InChI is InChI=1S/C59H98O6/c1-4-7-10-13-16-19-22-25-27-29-31-34-36-39-42-45-48-51-57(60)63-54-56(65-59(62)53-50-47-44-41-38-33-24-21-18-15-12-9-6-3)55-64-58(61)52-49-46-43-40-37-35-32-30-28-26-23-20-17-14-11-8-5-2/h16-17,19-21,24-28,31-32,34-35,39,42,56H,4-15,18,22-23,29-30,33,36-38,40-41,43-55H2,1-3H3/b19-16-,20-17-,24-21-,27-25-,28-26-,34-31-,35-32-,42-39-/t56-/m1/s1. The molecular weight excluding hydrogens is 805 g/mol. The molecule has 0 spiro atoms. The van der Waals surface area contributed by atoms with Crippen LogP contribution in [-0.2, 0) is 28.6 Å². The molecule has 1 atom stereocenters. The van der Waals surface area contributed by atoms with E-state index < -0.39 is 6.10 Å². The fourth-order valence-corrected chi connectivity index (χ4v) is 6.96. The van der Waals surface area contributed by atoms with Gasteiger partial charge in [0.2, 0.25) is 0 Å². The van der Waals surface area contributed by atoms with Gasteiger partial charge in [-0.1, -0.05) is 195 Å². The molecule has 0 heterocycles. The molecule has 65 heavy (non-hydrogen) atoms. The quantitative estimate of drug-likeness (QED) is 0.0262. The largest absolute Gasteiger partial charge is 0.462 e. The van der Waals surface area contributed by atoms with E-state index in [2.05, 4.69) is 118 Å². The van der Waals surface area contributed by atoms with Crippen molar-refractivity contribution in [2.45, 2.75) is 245 Å². The van der Waals surface area contributed by atoms with Gasteiger partial charge in [-0.3, -0.25) is 14.4 Å². The van der Waals surface area contributed by atoms with Crippen LogP contribution in [0.2, 0.25) is 0 Å². The third-order valence-electron chi connectivity index (χ3n) is 11.0. The van der Waals surface area contributed by atoms with E-state index in [4.69, 9.17) is 14.2 Å². The summed E-state index contributed by atoms with van der Waals surface area (Å²) in [7, 11) is 0. The number of esters is 3. The van der Waals surface area contributed by atoms with Crippen molar-refractivity contribution in [2.24, 2.45) is 0 Å². The molecule has 0 aliphatic heterocycles. The van der Waals surface area contributed by atoms with Crippen molar-refractivity contribution >= 4 is 17.9 Å². The number of hydrogen-bond acceptors (Lipinski definition) is 6. The first kappa shape index (κ1) is 61.3. The zero-order valence-electron chi connectivity index (χ0n) is 42.2. The summed E-state index contributed by atoms with van der Waals surface area (Å²) in [6.45, 7) is 6.48. The van der Waals surface area contributed by atoms with Crippen molar-refractivity contribution in [3.8, 4) is 0 Å². The minimum Gasteiger partial charge on any atom is -0.462 e. The van der Waals surface area contributed by atoms with Gasteiger partial charge >= 0.3 is 17.9 Å². The first-order valence-corrected chi connectivity index (χ1v) is 26.7. The molecule has 0 bridgehead atoms. The van der Waals surface area contributed by atoms with Gasteiger partial charge in [0, 0.05) is 19.3 Å². The van der Waals surface area contributed by atoms with E-state index in [1.807, 2.05) is 0 Å². The number of carbonyl (C=O) groups excluding carboxylic acids is 3. The van der Waals surface area contributed by atoms with Crippen LogP contribution in [0.1, 0.15) is 239 Å². The first-order chi connectivity index (χ1) is 32.0. The molecular formula is C59H98O6. The van der Waals surface area contributed by atoms with Crippen LogP contribution < -0.4 is 0 Å². The summed E-state index contributed by atoms with van der Waals surface area (Å²) in [5.41, 5.74) is 0. The molecule has 0 radical (unpaired) electrons. The molecule has 0 aromatic heterocycles. The normalized spacial score (nSPS) is 12.8. The topological polar surface area (TPSA) is 78.9 Å². The van der Waals surface area contributed by atoms with Crippen molar-refractivity contribution in [3.63, 3.8) is 0 Å². The molecule has 6 nitrogen and oxygen atoms in total. The summed E-state index contributed by atoms with van der Waals surface area (Å²) < 4.78 is 16.7. The van der Waals surface area contributed by atoms with Gasteiger partial charge in [0.15, 0.2) is 6.10 Å². The lowest BCUT2D eigenvalue weighted by atomic mass is 10.1. The summed E-state index contributed by atoms with van der Waals surface area (Å²) >= 11 is 0. The van der Waals surface area contributed by atoms with Crippen molar-refractivity contribution in [3.05, 3.63) is 97.2 Å². The summed E-state index contributed by atoms with van der Waals surface area (Å²) in [5.74, 6) is -0.999. The average molecular weight is 903 g/mol. The maximum Gasteiger partial charge on any atom is 0.306 e. The predicted octanol–water partition coefficient (Wildman–Crippen LogP) is 17.8. The smallest absolute Gasteiger partial charge is 0.306 e. The lowest BCUT2D eigenvalue weighted by Gasteiger charge is -2.18. The minimum atomic E-state index is -0.814. The molecule has 370 valence electrons. The number of rotatable bonds is 47. The molecule has 0 N–H and O–H groups in total. The van der Waals surface area contributed by atoms with E-state index in [1.165, 1.54) is 89.9 Å².